The number of aromatic nitrogens is 1. The average Bonchev–Trinajstić information content (AvgIpc) is 2.68. The molecule has 0 aliphatic heterocycles. The Kier molecular flexibility index (Phi) is 3.39. The van der Waals surface area contributed by atoms with Crippen LogP contribution in [0.1, 0.15) is 13.8 Å². The van der Waals surface area contributed by atoms with Crippen LogP contribution in [-0.4, -0.2) is 29.2 Å². The summed E-state index contributed by atoms with van der Waals surface area (Å²) in [5.74, 6) is 0. The summed E-state index contributed by atoms with van der Waals surface area (Å²) in [4.78, 5) is 14.4. The molecule has 0 saturated carbocycles. The van der Waals surface area contributed by atoms with Gasteiger partial charge in [-0.05, 0) is 19.9 Å². The molecule has 0 unspecified atom stereocenters. The normalized spacial score (nSPS) is 11.7. The van der Waals surface area contributed by atoms with Crippen molar-refractivity contribution in [3.63, 3.8) is 0 Å². The first-order valence-corrected chi connectivity index (χ1v) is 5.73. The van der Waals surface area contributed by atoms with Gasteiger partial charge >= 0.3 is 0 Å². The van der Waals surface area contributed by atoms with Crippen LogP contribution in [0, 0.1) is 10.1 Å². The Morgan fingerprint density at radius 3 is 2.89 bits per heavy atom. The van der Waals surface area contributed by atoms with Crippen LogP contribution in [0.3, 0.4) is 0 Å². The van der Waals surface area contributed by atoms with Gasteiger partial charge in [0.15, 0.2) is 5.58 Å². The summed E-state index contributed by atoms with van der Waals surface area (Å²) in [7, 11) is 1.61. The van der Waals surface area contributed by atoms with E-state index in [2.05, 4.69) is 10.3 Å². The smallest absolute Gasteiger partial charge is 0.296 e. The Morgan fingerprint density at radius 1 is 1.53 bits per heavy atom. The van der Waals surface area contributed by atoms with E-state index in [4.69, 9.17) is 9.15 Å². The number of fused-ring (bicyclic) bond motifs is 1. The molecule has 19 heavy (non-hydrogen) atoms. The summed E-state index contributed by atoms with van der Waals surface area (Å²) < 4.78 is 10.5. The number of methoxy groups -OCH3 is 1. The van der Waals surface area contributed by atoms with Gasteiger partial charge in [0.25, 0.3) is 11.7 Å². The Balaban J connectivity index is 2.29. The molecule has 0 fully saturated rings. The first-order valence-electron chi connectivity index (χ1n) is 5.73. The molecular formula is C12H15N3O4. The molecule has 2 rings (SSSR count). The molecule has 0 aliphatic rings. The fourth-order valence-electron chi connectivity index (χ4n) is 1.77. The highest BCUT2D eigenvalue weighted by Gasteiger charge is 2.20. The van der Waals surface area contributed by atoms with E-state index >= 15 is 0 Å². The van der Waals surface area contributed by atoms with Crippen LogP contribution in [0.15, 0.2) is 22.6 Å². The molecule has 1 heterocycles. The lowest BCUT2D eigenvalue weighted by molar-refractivity contribution is -0.384. The molecule has 0 aliphatic carbocycles. The molecule has 0 amide bonds. The van der Waals surface area contributed by atoms with Gasteiger partial charge in [-0.2, -0.15) is 4.98 Å². The first kappa shape index (κ1) is 13.3. The quantitative estimate of drug-likeness (QED) is 0.660. The molecule has 0 radical (unpaired) electrons. The number of nitro groups is 1. The van der Waals surface area contributed by atoms with Crippen LogP contribution < -0.4 is 5.32 Å². The van der Waals surface area contributed by atoms with Crippen LogP contribution in [0.4, 0.5) is 11.7 Å². The van der Waals surface area contributed by atoms with Crippen molar-refractivity contribution in [2.45, 2.75) is 19.4 Å². The summed E-state index contributed by atoms with van der Waals surface area (Å²) in [5.41, 5.74) is 0.583. The summed E-state index contributed by atoms with van der Waals surface area (Å²) in [6.07, 6.45) is 0. The van der Waals surface area contributed by atoms with Gasteiger partial charge in [-0.3, -0.25) is 10.1 Å². The Bertz CT molecular complexity index is 606. The molecule has 1 N–H and O–H groups in total. The Hall–Kier alpha value is -2.15. The molecule has 7 heteroatoms. The van der Waals surface area contributed by atoms with E-state index in [1.807, 2.05) is 13.8 Å². The number of benzene rings is 1. The Morgan fingerprint density at radius 2 is 2.26 bits per heavy atom. The lowest BCUT2D eigenvalue weighted by atomic mass is 10.1. The number of rotatable bonds is 5. The highest BCUT2D eigenvalue weighted by Crippen LogP contribution is 2.25. The van der Waals surface area contributed by atoms with Gasteiger partial charge in [0.05, 0.1) is 23.1 Å². The lowest BCUT2D eigenvalue weighted by Crippen LogP contribution is -2.35. The maximum Gasteiger partial charge on any atom is 0.296 e. The number of hydrogen-bond acceptors (Lipinski definition) is 6. The minimum atomic E-state index is -0.468. The van der Waals surface area contributed by atoms with Gasteiger partial charge in [-0.1, -0.05) is 0 Å². The number of nitrogens with zero attached hydrogens (tertiary/aromatic N) is 2. The number of non-ortho nitro benzene ring substituents is 1. The second-order valence-electron chi connectivity index (χ2n) is 4.87. The van der Waals surface area contributed by atoms with Crippen LogP contribution >= 0.6 is 0 Å². The number of ether oxygens (including phenoxy) is 1. The highest BCUT2D eigenvalue weighted by molar-refractivity contribution is 5.77. The monoisotopic (exact) mass is 265 g/mol. The van der Waals surface area contributed by atoms with Crippen molar-refractivity contribution in [2.75, 3.05) is 19.0 Å². The lowest BCUT2D eigenvalue weighted by Gasteiger charge is -2.23. The van der Waals surface area contributed by atoms with Crippen molar-refractivity contribution < 1.29 is 14.1 Å². The van der Waals surface area contributed by atoms with Gasteiger partial charge in [0.2, 0.25) is 0 Å². The average molecular weight is 265 g/mol. The summed E-state index contributed by atoms with van der Waals surface area (Å²) >= 11 is 0. The Labute approximate surface area is 109 Å². The third kappa shape index (κ3) is 3.00. The van der Waals surface area contributed by atoms with Crippen LogP contribution in [0.5, 0.6) is 0 Å². The maximum atomic E-state index is 10.7. The molecule has 1 aromatic heterocycles. The topological polar surface area (TPSA) is 90.4 Å². The summed E-state index contributed by atoms with van der Waals surface area (Å²) in [6, 6.07) is 4.63. The van der Waals surface area contributed by atoms with Gasteiger partial charge in [-0.15, -0.1) is 0 Å². The molecule has 0 spiro atoms. The van der Waals surface area contributed by atoms with E-state index in [0.29, 0.717) is 23.7 Å². The predicted molar refractivity (Wildman–Crippen MR) is 70.2 cm³/mol. The standard InChI is InChI=1S/C12H15N3O4/c1-12(2,7-18-3)14-11-13-9-5-4-8(15(16)17)6-10(9)19-11/h4-6H,7H2,1-3H3,(H,13,14). The summed E-state index contributed by atoms with van der Waals surface area (Å²) in [6.45, 7) is 4.35. The van der Waals surface area contributed by atoms with Crippen molar-refractivity contribution in [1.82, 2.24) is 4.98 Å². The zero-order valence-corrected chi connectivity index (χ0v) is 11.0. The van der Waals surface area contributed by atoms with E-state index in [1.54, 1.807) is 13.2 Å². The number of hydrogen-bond donors (Lipinski definition) is 1. The van der Waals surface area contributed by atoms with Crippen molar-refractivity contribution in [1.29, 1.82) is 0 Å². The number of oxazole rings is 1. The molecular weight excluding hydrogens is 250 g/mol. The number of nitrogens with one attached hydrogen (secondary N) is 1. The molecule has 0 saturated heterocycles. The molecule has 7 nitrogen and oxygen atoms in total. The third-order valence-corrected chi connectivity index (χ3v) is 2.53. The van der Waals surface area contributed by atoms with Crippen LogP contribution in [0.2, 0.25) is 0 Å². The molecule has 1 aromatic carbocycles. The van der Waals surface area contributed by atoms with E-state index in [0.717, 1.165) is 0 Å². The maximum absolute atomic E-state index is 10.7. The zero-order valence-electron chi connectivity index (χ0n) is 11.0. The molecule has 102 valence electrons. The summed E-state index contributed by atoms with van der Waals surface area (Å²) in [5, 5.41) is 13.8. The SMILES string of the molecule is COCC(C)(C)Nc1nc2ccc([N+](=O)[O-])cc2o1. The van der Waals surface area contributed by atoms with Crippen LogP contribution in [-0.2, 0) is 4.74 Å². The van der Waals surface area contributed by atoms with Gasteiger partial charge < -0.3 is 14.5 Å². The second-order valence-corrected chi connectivity index (χ2v) is 4.87. The van der Waals surface area contributed by atoms with E-state index in [-0.39, 0.29) is 11.2 Å². The minimum absolute atomic E-state index is 0.0219. The molecule has 0 atom stereocenters. The highest BCUT2D eigenvalue weighted by atomic mass is 16.6. The van der Waals surface area contributed by atoms with Gasteiger partial charge in [0, 0.05) is 13.2 Å². The molecule has 0 bridgehead atoms. The van der Waals surface area contributed by atoms with Crippen molar-refractivity contribution >= 4 is 22.8 Å². The fraction of sp³-hybridized carbons (Fsp3) is 0.417. The first-order chi connectivity index (χ1) is 8.91. The second kappa shape index (κ2) is 4.85. The van der Waals surface area contributed by atoms with Crippen molar-refractivity contribution in [3.05, 3.63) is 28.3 Å². The predicted octanol–water partition coefficient (Wildman–Crippen LogP) is 2.57. The van der Waals surface area contributed by atoms with E-state index in [9.17, 15) is 10.1 Å². The number of nitro benzene ring substituents is 1. The minimum Gasteiger partial charge on any atom is -0.423 e. The van der Waals surface area contributed by atoms with Crippen molar-refractivity contribution in [3.8, 4) is 0 Å². The van der Waals surface area contributed by atoms with Crippen molar-refractivity contribution in [2.24, 2.45) is 0 Å². The van der Waals surface area contributed by atoms with Crippen LogP contribution in [0.25, 0.3) is 11.1 Å². The number of anilines is 1. The molecule has 2 aromatic rings. The van der Waals surface area contributed by atoms with Gasteiger partial charge in [-0.25, -0.2) is 0 Å². The zero-order chi connectivity index (χ0) is 14.0. The fourth-order valence-corrected chi connectivity index (χ4v) is 1.77. The van der Waals surface area contributed by atoms with Gasteiger partial charge in [0.1, 0.15) is 5.52 Å². The van der Waals surface area contributed by atoms with E-state index < -0.39 is 4.92 Å². The van der Waals surface area contributed by atoms with E-state index in [1.165, 1.54) is 12.1 Å². The largest absolute Gasteiger partial charge is 0.423 e. The third-order valence-electron chi connectivity index (χ3n) is 2.53.